The summed E-state index contributed by atoms with van der Waals surface area (Å²) in [6.07, 6.45) is -3.07. The van der Waals surface area contributed by atoms with Gasteiger partial charge in [0.15, 0.2) is 12.6 Å². The Kier molecular flexibility index (Phi) is 7.50. The van der Waals surface area contributed by atoms with Crippen LogP contribution in [0, 0.1) is 5.41 Å². The van der Waals surface area contributed by atoms with Crippen LogP contribution in [0.15, 0.2) is 18.2 Å². The highest BCUT2D eigenvalue weighted by Gasteiger charge is 2.25. The Balaban J connectivity index is 2.71. The zero-order valence-electron chi connectivity index (χ0n) is 14.5. The Labute approximate surface area is 146 Å². The number of nitrogens with one attached hydrogen (secondary N) is 1. The van der Waals surface area contributed by atoms with Crippen molar-refractivity contribution in [3.05, 3.63) is 34.9 Å². The van der Waals surface area contributed by atoms with E-state index in [2.05, 4.69) is 5.32 Å². The fourth-order valence-corrected chi connectivity index (χ4v) is 1.92. The molecule has 1 aromatic rings. The molecule has 0 aliphatic rings. The molecule has 0 heterocycles. The molecule has 140 valence electrons. The number of ether oxygens (including phenoxy) is 1. The first-order chi connectivity index (χ1) is 11.6. The average molecular weight is 355 g/mol. The number of rotatable bonds is 8. The Bertz CT molecular complexity index is 611. The lowest BCUT2D eigenvalue weighted by Crippen LogP contribution is -2.38. The molecule has 1 aromatic carbocycles. The maximum absolute atomic E-state index is 12.1. The maximum Gasteiger partial charge on any atom is 0.338 e. The summed E-state index contributed by atoms with van der Waals surface area (Å²) in [5.41, 5.74) is -0.829. The summed E-state index contributed by atoms with van der Waals surface area (Å²) < 4.78 is 5.01. The van der Waals surface area contributed by atoms with E-state index in [9.17, 15) is 19.8 Å². The van der Waals surface area contributed by atoms with Crippen LogP contribution in [0.3, 0.4) is 0 Å². The number of hydrogen-bond acceptors (Lipinski definition) is 7. The monoisotopic (exact) mass is 355 g/mol. The molecular formula is C17H25NO7. The van der Waals surface area contributed by atoms with Gasteiger partial charge < -0.3 is 30.5 Å². The normalized spacial score (nSPS) is 11.7. The lowest BCUT2D eigenvalue weighted by Gasteiger charge is -2.21. The molecule has 0 aliphatic carbocycles. The zero-order valence-corrected chi connectivity index (χ0v) is 14.5. The number of esters is 1. The summed E-state index contributed by atoms with van der Waals surface area (Å²) in [5, 5.41) is 39.6. The van der Waals surface area contributed by atoms with Gasteiger partial charge in [0.25, 0.3) is 0 Å². The van der Waals surface area contributed by atoms with E-state index in [4.69, 9.17) is 14.9 Å². The quantitative estimate of drug-likeness (QED) is 0.258. The van der Waals surface area contributed by atoms with Crippen LogP contribution in [-0.4, -0.2) is 45.5 Å². The van der Waals surface area contributed by atoms with Crippen molar-refractivity contribution in [2.24, 2.45) is 5.41 Å². The molecule has 1 rings (SSSR count). The van der Waals surface area contributed by atoms with E-state index in [1.54, 1.807) is 13.8 Å². The van der Waals surface area contributed by atoms with E-state index in [1.165, 1.54) is 12.1 Å². The summed E-state index contributed by atoms with van der Waals surface area (Å²) in [7, 11) is 0. The Morgan fingerprint density at radius 3 is 2.32 bits per heavy atom. The fraction of sp³-hybridized carbons (Fsp3) is 0.529. The molecule has 1 amide bonds. The minimum absolute atomic E-state index is 0.00866. The minimum atomic E-state index is -1.92. The van der Waals surface area contributed by atoms with Crippen LogP contribution in [0.2, 0.25) is 0 Å². The molecule has 0 unspecified atom stereocenters. The number of amides is 1. The van der Waals surface area contributed by atoms with Crippen LogP contribution in [0.5, 0.6) is 0 Å². The molecule has 0 spiro atoms. The molecule has 0 aliphatic heterocycles. The Morgan fingerprint density at radius 1 is 1.16 bits per heavy atom. The second-order valence-electron chi connectivity index (χ2n) is 6.22. The van der Waals surface area contributed by atoms with Gasteiger partial charge in [-0.05, 0) is 12.5 Å². The molecule has 0 fully saturated rings. The number of hydrogen-bond donors (Lipinski definition) is 5. The van der Waals surface area contributed by atoms with Crippen LogP contribution in [0.25, 0.3) is 0 Å². The molecule has 0 atom stereocenters. The second-order valence-corrected chi connectivity index (χ2v) is 6.22. The average Bonchev–Trinajstić information content (AvgIpc) is 2.57. The first-order valence-corrected chi connectivity index (χ1v) is 7.91. The molecular weight excluding hydrogens is 330 g/mol. The van der Waals surface area contributed by atoms with Gasteiger partial charge in [-0.1, -0.05) is 32.9 Å². The van der Waals surface area contributed by atoms with Gasteiger partial charge in [0.05, 0.1) is 12.1 Å². The van der Waals surface area contributed by atoms with E-state index >= 15 is 0 Å². The highest BCUT2D eigenvalue weighted by atomic mass is 16.5. The lowest BCUT2D eigenvalue weighted by atomic mass is 9.89. The van der Waals surface area contributed by atoms with Crippen molar-refractivity contribution in [1.82, 2.24) is 5.32 Å². The van der Waals surface area contributed by atoms with E-state index in [0.717, 1.165) is 6.07 Å². The molecule has 8 nitrogen and oxygen atoms in total. The molecule has 8 heteroatoms. The third-order valence-corrected chi connectivity index (χ3v) is 3.99. The summed E-state index contributed by atoms with van der Waals surface area (Å²) >= 11 is 0. The maximum atomic E-state index is 12.1. The minimum Gasteiger partial charge on any atom is -0.460 e. The van der Waals surface area contributed by atoms with Gasteiger partial charge in [-0.2, -0.15) is 0 Å². The zero-order chi connectivity index (χ0) is 19.2. The number of aliphatic hydroxyl groups excluding tert-OH is 2. The van der Waals surface area contributed by atoms with E-state index in [1.807, 2.05) is 6.92 Å². The second kappa shape index (κ2) is 8.91. The van der Waals surface area contributed by atoms with Crippen LogP contribution in [-0.2, 0) is 9.53 Å². The van der Waals surface area contributed by atoms with Gasteiger partial charge in [-0.15, -0.1) is 0 Å². The van der Waals surface area contributed by atoms with Crippen molar-refractivity contribution in [2.75, 3.05) is 13.2 Å². The molecule has 0 radical (unpaired) electrons. The smallest absolute Gasteiger partial charge is 0.338 e. The van der Waals surface area contributed by atoms with Gasteiger partial charge in [0.1, 0.15) is 6.61 Å². The lowest BCUT2D eigenvalue weighted by molar-refractivity contribution is -0.129. The van der Waals surface area contributed by atoms with Crippen LogP contribution in [0.1, 0.15) is 61.3 Å². The predicted octanol–water partition coefficient (Wildman–Crippen LogP) is 0.362. The Hall–Kier alpha value is -2.00. The summed E-state index contributed by atoms with van der Waals surface area (Å²) in [4.78, 5) is 24.0. The predicted molar refractivity (Wildman–Crippen MR) is 88.2 cm³/mol. The standard InChI is InChI=1S/C17H25NO7/c1-4-17(2,3)16(24)18-7-8-25-15(23)12-9-10(13(19)20)5-6-11(12)14(21)22/h5-6,9,13-14,19-22H,4,7-8H2,1-3H3,(H,18,24). The van der Waals surface area contributed by atoms with Crippen molar-refractivity contribution in [2.45, 2.75) is 39.8 Å². The Morgan fingerprint density at radius 2 is 1.80 bits per heavy atom. The van der Waals surface area contributed by atoms with Gasteiger partial charge in [0, 0.05) is 16.5 Å². The van der Waals surface area contributed by atoms with Crippen molar-refractivity contribution in [3.63, 3.8) is 0 Å². The third kappa shape index (κ3) is 5.79. The van der Waals surface area contributed by atoms with E-state index < -0.39 is 24.0 Å². The van der Waals surface area contributed by atoms with Crippen molar-refractivity contribution < 1.29 is 34.8 Å². The van der Waals surface area contributed by atoms with Crippen LogP contribution in [0.4, 0.5) is 0 Å². The third-order valence-electron chi connectivity index (χ3n) is 3.99. The summed E-state index contributed by atoms with van der Waals surface area (Å²) in [6, 6.07) is 3.56. The van der Waals surface area contributed by atoms with Crippen molar-refractivity contribution in [3.8, 4) is 0 Å². The van der Waals surface area contributed by atoms with Gasteiger partial charge >= 0.3 is 5.97 Å². The van der Waals surface area contributed by atoms with Gasteiger partial charge in [-0.25, -0.2) is 4.79 Å². The highest BCUT2D eigenvalue weighted by molar-refractivity contribution is 5.91. The SMILES string of the molecule is CCC(C)(C)C(=O)NCCOC(=O)c1cc(C(O)O)ccc1C(O)O. The first kappa shape index (κ1) is 21.0. The van der Waals surface area contributed by atoms with Crippen LogP contribution < -0.4 is 5.32 Å². The topological polar surface area (TPSA) is 136 Å². The number of carbonyl (C=O) groups excluding carboxylic acids is 2. The van der Waals surface area contributed by atoms with Gasteiger partial charge in [0.2, 0.25) is 5.91 Å². The highest BCUT2D eigenvalue weighted by Crippen LogP contribution is 2.22. The first-order valence-electron chi connectivity index (χ1n) is 7.91. The summed E-state index contributed by atoms with van der Waals surface area (Å²) in [6.45, 7) is 5.48. The number of carbonyl (C=O) groups is 2. The van der Waals surface area contributed by atoms with Crippen molar-refractivity contribution in [1.29, 1.82) is 0 Å². The van der Waals surface area contributed by atoms with E-state index in [-0.39, 0.29) is 35.7 Å². The van der Waals surface area contributed by atoms with Crippen LogP contribution >= 0.6 is 0 Å². The number of aliphatic hydroxyl groups is 4. The van der Waals surface area contributed by atoms with Crippen molar-refractivity contribution >= 4 is 11.9 Å². The summed E-state index contributed by atoms with van der Waals surface area (Å²) in [5.74, 6) is -1.03. The fourth-order valence-electron chi connectivity index (χ4n) is 1.92. The molecule has 25 heavy (non-hydrogen) atoms. The largest absolute Gasteiger partial charge is 0.460 e. The number of benzene rings is 1. The molecule has 0 saturated heterocycles. The molecule has 0 saturated carbocycles. The molecule has 0 bridgehead atoms. The molecule has 5 N–H and O–H groups in total. The van der Waals surface area contributed by atoms with Gasteiger partial charge in [-0.3, -0.25) is 4.79 Å². The molecule has 0 aromatic heterocycles. The van der Waals surface area contributed by atoms with E-state index in [0.29, 0.717) is 6.42 Å².